The Hall–Kier alpha value is -2.09. The summed E-state index contributed by atoms with van der Waals surface area (Å²) in [5.74, 6) is 0.388. The zero-order valence-corrected chi connectivity index (χ0v) is 13.0. The number of carbonyl (C=O) groups is 2. The summed E-state index contributed by atoms with van der Waals surface area (Å²) >= 11 is 0. The van der Waals surface area contributed by atoms with Crippen molar-refractivity contribution in [1.82, 2.24) is 20.0 Å². The van der Waals surface area contributed by atoms with Crippen molar-refractivity contribution in [3.63, 3.8) is 0 Å². The third kappa shape index (κ3) is 4.45. The molecule has 122 valence electrons. The van der Waals surface area contributed by atoms with Crippen molar-refractivity contribution in [1.29, 1.82) is 0 Å². The number of aromatic nitrogens is 2. The maximum absolute atomic E-state index is 12.0. The molecule has 1 aromatic heterocycles. The van der Waals surface area contributed by atoms with E-state index in [-0.39, 0.29) is 18.0 Å². The lowest BCUT2D eigenvalue weighted by molar-refractivity contribution is -0.114. The summed E-state index contributed by atoms with van der Waals surface area (Å²) in [5.41, 5.74) is 0. The van der Waals surface area contributed by atoms with Crippen LogP contribution in [-0.4, -0.2) is 59.5 Å². The highest BCUT2D eigenvalue weighted by Crippen LogP contribution is 2.21. The van der Waals surface area contributed by atoms with E-state index in [1.807, 2.05) is 13.1 Å². The Morgan fingerprint density at radius 1 is 1.50 bits per heavy atom. The summed E-state index contributed by atoms with van der Waals surface area (Å²) < 4.78 is 6.99. The van der Waals surface area contributed by atoms with Crippen LogP contribution in [0.2, 0.25) is 0 Å². The van der Waals surface area contributed by atoms with Crippen LogP contribution in [0.5, 0.6) is 0 Å². The fourth-order valence-corrected chi connectivity index (χ4v) is 2.42. The maximum Gasteiger partial charge on any atom is 0.317 e. The van der Waals surface area contributed by atoms with Gasteiger partial charge in [0.25, 0.3) is 0 Å². The highest BCUT2D eigenvalue weighted by molar-refractivity contribution is 5.87. The Balaban J connectivity index is 1.80. The molecule has 0 unspecified atom stereocenters. The molecule has 0 aliphatic carbocycles. The van der Waals surface area contributed by atoms with Crippen LogP contribution >= 0.6 is 0 Å². The second kappa shape index (κ2) is 7.79. The van der Waals surface area contributed by atoms with Gasteiger partial charge in [-0.3, -0.25) is 9.48 Å². The molecule has 1 fully saturated rings. The first-order chi connectivity index (χ1) is 10.6. The molecule has 1 aromatic rings. The molecule has 3 amide bonds. The number of rotatable bonds is 6. The SMILES string of the molecule is CCOCCNC(=O)N1CC[C@@H](n2ccc(NC(C)=O)n2)C1. The van der Waals surface area contributed by atoms with Gasteiger partial charge in [0.05, 0.1) is 12.6 Å². The number of ether oxygens (including phenoxy) is 1. The minimum Gasteiger partial charge on any atom is -0.380 e. The molecule has 8 nitrogen and oxygen atoms in total. The van der Waals surface area contributed by atoms with E-state index >= 15 is 0 Å². The van der Waals surface area contributed by atoms with E-state index in [0.717, 1.165) is 6.42 Å². The van der Waals surface area contributed by atoms with Gasteiger partial charge in [-0.05, 0) is 13.3 Å². The van der Waals surface area contributed by atoms with E-state index in [4.69, 9.17) is 4.74 Å². The number of nitrogens with zero attached hydrogens (tertiary/aromatic N) is 3. The molecule has 0 aromatic carbocycles. The first kappa shape index (κ1) is 16.3. The predicted molar refractivity (Wildman–Crippen MR) is 81.6 cm³/mol. The van der Waals surface area contributed by atoms with Crippen molar-refractivity contribution in [2.75, 3.05) is 38.2 Å². The van der Waals surface area contributed by atoms with Gasteiger partial charge < -0.3 is 20.3 Å². The molecule has 1 saturated heterocycles. The number of urea groups is 1. The van der Waals surface area contributed by atoms with Crippen LogP contribution in [0.4, 0.5) is 10.6 Å². The Bertz CT molecular complexity index is 516. The van der Waals surface area contributed by atoms with Gasteiger partial charge >= 0.3 is 6.03 Å². The molecule has 8 heteroatoms. The van der Waals surface area contributed by atoms with Gasteiger partial charge in [0.1, 0.15) is 0 Å². The minimum absolute atomic E-state index is 0.0727. The third-order valence-corrected chi connectivity index (χ3v) is 3.46. The quantitative estimate of drug-likeness (QED) is 0.762. The van der Waals surface area contributed by atoms with Crippen LogP contribution in [0.3, 0.4) is 0 Å². The van der Waals surface area contributed by atoms with Crippen LogP contribution in [0.1, 0.15) is 26.3 Å². The molecule has 2 N–H and O–H groups in total. The van der Waals surface area contributed by atoms with Gasteiger partial charge in [-0.15, -0.1) is 0 Å². The Morgan fingerprint density at radius 3 is 3.05 bits per heavy atom. The largest absolute Gasteiger partial charge is 0.380 e. The van der Waals surface area contributed by atoms with Gasteiger partial charge in [0, 0.05) is 45.4 Å². The van der Waals surface area contributed by atoms with E-state index in [0.29, 0.717) is 38.7 Å². The molecule has 1 aliphatic heterocycles. The van der Waals surface area contributed by atoms with E-state index in [9.17, 15) is 9.59 Å². The average Bonchev–Trinajstić information content (AvgIpc) is 3.11. The smallest absolute Gasteiger partial charge is 0.317 e. The fraction of sp³-hybridized carbons (Fsp3) is 0.643. The van der Waals surface area contributed by atoms with E-state index in [1.54, 1.807) is 15.6 Å². The molecule has 2 rings (SSSR count). The van der Waals surface area contributed by atoms with E-state index < -0.39 is 0 Å². The maximum atomic E-state index is 12.0. The second-order valence-corrected chi connectivity index (χ2v) is 5.18. The summed E-state index contributed by atoms with van der Waals surface area (Å²) in [6, 6.07) is 1.82. The third-order valence-electron chi connectivity index (χ3n) is 3.46. The van der Waals surface area contributed by atoms with Gasteiger partial charge in [-0.25, -0.2) is 4.79 Å². The fourth-order valence-electron chi connectivity index (χ4n) is 2.42. The summed E-state index contributed by atoms with van der Waals surface area (Å²) in [4.78, 5) is 24.8. The molecule has 1 atom stereocenters. The zero-order valence-electron chi connectivity index (χ0n) is 13.0. The van der Waals surface area contributed by atoms with Crippen LogP contribution in [0.25, 0.3) is 0 Å². The van der Waals surface area contributed by atoms with Crippen molar-refractivity contribution < 1.29 is 14.3 Å². The number of likely N-dealkylation sites (tertiary alicyclic amines) is 1. The first-order valence-electron chi connectivity index (χ1n) is 7.53. The van der Waals surface area contributed by atoms with E-state index in [1.165, 1.54) is 6.92 Å². The van der Waals surface area contributed by atoms with Crippen molar-refractivity contribution in [2.45, 2.75) is 26.3 Å². The molecule has 22 heavy (non-hydrogen) atoms. The predicted octanol–water partition coefficient (Wildman–Crippen LogP) is 0.834. The topological polar surface area (TPSA) is 88.5 Å². The number of nitrogens with one attached hydrogen (secondary N) is 2. The normalized spacial score (nSPS) is 17.5. The van der Waals surface area contributed by atoms with Crippen molar-refractivity contribution in [3.8, 4) is 0 Å². The standard InChI is InChI=1S/C14H23N5O3/c1-3-22-9-6-15-14(21)18-7-4-12(10-18)19-8-5-13(17-19)16-11(2)20/h5,8,12H,3-4,6-7,9-10H2,1-2H3,(H,15,21)(H,16,17,20)/t12-/m1/s1. The molecule has 1 aliphatic rings. The Kier molecular flexibility index (Phi) is 5.76. The number of carbonyl (C=O) groups excluding carboxylic acids is 2. The van der Waals surface area contributed by atoms with Gasteiger partial charge in [0.15, 0.2) is 5.82 Å². The lowest BCUT2D eigenvalue weighted by Crippen LogP contribution is -2.40. The number of hydrogen-bond donors (Lipinski definition) is 2. The van der Waals surface area contributed by atoms with Gasteiger partial charge in [0.2, 0.25) is 5.91 Å². The van der Waals surface area contributed by atoms with Crippen LogP contribution < -0.4 is 10.6 Å². The summed E-state index contributed by atoms with van der Waals surface area (Å²) in [6.07, 6.45) is 2.67. The second-order valence-electron chi connectivity index (χ2n) is 5.18. The molecular formula is C14H23N5O3. The number of hydrogen-bond acceptors (Lipinski definition) is 4. The van der Waals surface area contributed by atoms with Gasteiger partial charge in [-0.1, -0.05) is 0 Å². The van der Waals surface area contributed by atoms with Crippen molar-refractivity contribution >= 4 is 17.8 Å². The van der Waals surface area contributed by atoms with Crippen LogP contribution in [0.15, 0.2) is 12.3 Å². The summed E-state index contributed by atoms with van der Waals surface area (Å²) in [7, 11) is 0. The zero-order chi connectivity index (χ0) is 15.9. The molecule has 0 spiro atoms. The molecule has 2 heterocycles. The van der Waals surface area contributed by atoms with E-state index in [2.05, 4.69) is 15.7 Å². The molecular weight excluding hydrogens is 286 g/mol. The van der Waals surface area contributed by atoms with Crippen molar-refractivity contribution in [3.05, 3.63) is 12.3 Å². The van der Waals surface area contributed by atoms with Crippen LogP contribution in [-0.2, 0) is 9.53 Å². The lowest BCUT2D eigenvalue weighted by atomic mass is 10.3. The summed E-state index contributed by atoms with van der Waals surface area (Å²) in [5, 5.41) is 9.80. The lowest BCUT2D eigenvalue weighted by Gasteiger charge is -2.17. The molecule has 0 radical (unpaired) electrons. The highest BCUT2D eigenvalue weighted by atomic mass is 16.5. The Labute approximate surface area is 129 Å². The van der Waals surface area contributed by atoms with Crippen LogP contribution in [0, 0.1) is 0 Å². The van der Waals surface area contributed by atoms with Crippen molar-refractivity contribution in [2.24, 2.45) is 0 Å². The van der Waals surface area contributed by atoms with Gasteiger partial charge in [-0.2, -0.15) is 5.10 Å². The highest BCUT2D eigenvalue weighted by Gasteiger charge is 2.27. The minimum atomic E-state index is -0.146. The Morgan fingerprint density at radius 2 is 2.32 bits per heavy atom. The first-order valence-corrected chi connectivity index (χ1v) is 7.53. The molecule has 0 saturated carbocycles. The number of amides is 3. The average molecular weight is 309 g/mol. The number of anilines is 1. The summed E-state index contributed by atoms with van der Waals surface area (Å²) in [6.45, 7) is 6.37. The molecule has 0 bridgehead atoms. The monoisotopic (exact) mass is 309 g/mol.